The molecule has 0 aliphatic heterocycles. The molecule has 13 heavy (non-hydrogen) atoms. The molecule has 0 bridgehead atoms. The monoisotopic (exact) mass is 185 g/mol. The molecule has 2 heteroatoms. The van der Waals surface area contributed by atoms with Crippen molar-refractivity contribution < 1.29 is 5.11 Å². The summed E-state index contributed by atoms with van der Waals surface area (Å²) >= 11 is 0. The number of nitrogens with two attached hydrogens (primary N) is 1. The quantitative estimate of drug-likeness (QED) is 0.661. The van der Waals surface area contributed by atoms with Crippen molar-refractivity contribution in [2.45, 2.75) is 64.0 Å². The summed E-state index contributed by atoms with van der Waals surface area (Å²) in [4.78, 5) is 0. The van der Waals surface area contributed by atoms with E-state index >= 15 is 0 Å². The Balaban J connectivity index is 2.18. The molecule has 2 unspecified atom stereocenters. The highest BCUT2D eigenvalue weighted by Crippen LogP contribution is 2.26. The van der Waals surface area contributed by atoms with Crippen LogP contribution in [0.15, 0.2) is 0 Å². The minimum atomic E-state index is -0.0275. The Kier molecular flexibility index (Phi) is 4.74. The molecule has 0 aromatic heterocycles. The van der Waals surface area contributed by atoms with Crippen molar-refractivity contribution in [3.63, 3.8) is 0 Å². The summed E-state index contributed by atoms with van der Waals surface area (Å²) in [6.07, 6.45) is 8.08. The van der Waals surface area contributed by atoms with Crippen molar-refractivity contribution in [3.05, 3.63) is 0 Å². The molecule has 1 aliphatic rings. The second-order valence-corrected chi connectivity index (χ2v) is 4.58. The van der Waals surface area contributed by atoms with E-state index in [0.29, 0.717) is 6.04 Å². The van der Waals surface area contributed by atoms with E-state index in [4.69, 9.17) is 5.73 Å². The average molecular weight is 185 g/mol. The van der Waals surface area contributed by atoms with Crippen molar-refractivity contribution in [1.82, 2.24) is 0 Å². The summed E-state index contributed by atoms with van der Waals surface area (Å²) in [7, 11) is 0. The van der Waals surface area contributed by atoms with Crippen molar-refractivity contribution in [1.29, 1.82) is 0 Å². The Labute approximate surface area is 81.5 Å². The van der Waals surface area contributed by atoms with Gasteiger partial charge >= 0.3 is 0 Å². The van der Waals surface area contributed by atoms with E-state index in [2.05, 4.69) is 6.92 Å². The second kappa shape index (κ2) is 5.61. The SMILES string of the molecule is C[C@@H](N)CCC1CCCC(O)CC1. The molecular formula is C11H23NO. The molecule has 1 fully saturated rings. The molecule has 2 nitrogen and oxygen atoms in total. The fraction of sp³-hybridized carbons (Fsp3) is 1.00. The zero-order valence-corrected chi connectivity index (χ0v) is 8.71. The molecule has 3 N–H and O–H groups in total. The number of aliphatic hydroxyl groups is 1. The predicted octanol–water partition coefficient (Wildman–Crippen LogP) is 2.06. The summed E-state index contributed by atoms with van der Waals surface area (Å²) in [6, 6.07) is 0.341. The molecule has 0 spiro atoms. The van der Waals surface area contributed by atoms with E-state index < -0.39 is 0 Å². The first-order valence-corrected chi connectivity index (χ1v) is 5.62. The lowest BCUT2D eigenvalue weighted by atomic mass is 9.93. The van der Waals surface area contributed by atoms with E-state index in [1.54, 1.807) is 0 Å². The third kappa shape index (κ3) is 4.63. The van der Waals surface area contributed by atoms with E-state index in [-0.39, 0.29) is 6.10 Å². The van der Waals surface area contributed by atoms with Gasteiger partial charge in [-0.1, -0.05) is 12.8 Å². The Morgan fingerprint density at radius 1 is 1.31 bits per heavy atom. The van der Waals surface area contributed by atoms with Gasteiger partial charge in [0, 0.05) is 6.04 Å². The number of aliphatic hydroxyl groups excluding tert-OH is 1. The lowest BCUT2D eigenvalue weighted by Crippen LogP contribution is -2.16. The largest absolute Gasteiger partial charge is 0.393 e. The minimum Gasteiger partial charge on any atom is -0.393 e. The average Bonchev–Trinajstić information content (AvgIpc) is 2.27. The topological polar surface area (TPSA) is 46.2 Å². The Morgan fingerprint density at radius 2 is 2.08 bits per heavy atom. The molecule has 1 rings (SSSR count). The van der Waals surface area contributed by atoms with Gasteiger partial charge in [-0.3, -0.25) is 0 Å². The van der Waals surface area contributed by atoms with Crippen LogP contribution in [0.4, 0.5) is 0 Å². The van der Waals surface area contributed by atoms with Gasteiger partial charge < -0.3 is 10.8 Å². The first kappa shape index (κ1) is 11.0. The van der Waals surface area contributed by atoms with Gasteiger partial charge in [0.05, 0.1) is 6.10 Å². The van der Waals surface area contributed by atoms with Crippen LogP contribution in [0.3, 0.4) is 0 Å². The predicted molar refractivity (Wildman–Crippen MR) is 55.5 cm³/mol. The summed E-state index contributed by atoms with van der Waals surface area (Å²) in [5, 5.41) is 9.46. The maximum Gasteiger partial charge on any atom is 0.0540 e. The maximum absolute atomic E-state index is 9.46. The second-order valence-electron chi connectivity index (χ2n) is 4.58. The van der Waals surface area contributed by atoms with Crippen LogP contribution in [0.1, 0.15) is 51.9 Å². The Bertz CT molecular complexity index is 136. The summed E-state index contributed by atoms with van der Waals surface area (Å²) in [5.41, 5.74) is 5.73. The zero-order chi connectivity index (χ0) is 9.68. The lowest BCUT2D eigenvalue weighted by Gasteiger charge is -2.14. The van der Waals surface area contributed by atoms with Gasteiger partial charge in [-0.2, -0.15) is 0 Å². The molecule has 0 saturated heterocycles. The number of rotatable bonds is 3. The molecule has 0 heterocycles. The fourth-order valence-electron chi connectivity index (χ4n) is 2.15. The third-order valence-corrected chi connectivity index (χ3v) is 3.09. The van der Waals surface area contributed by atoms with E-state index in [0.717, 1.165) is 25.2 Å². The standard InChI is InChI=1S/C11H23NO/c1-9(12)5-6-10-3-2-4-11(13)8-7-10/h9-11,13H,2-8,12H2,1H3/t9-,10?,11?/m1/s1. The van der Waals surface area contributed by atoms with Crippen LogP contribution in [0.5, 0.6) is 0 Å². The first-order chi connectivity index (χ1) is 6.18. The molecule has 1 saturated carbocycles. The molecule has 0 aromatic rings. The molecule has 0 amide bonds. The highest BCUT2D eigenvalue weighted by molar-refractivity contribution is 4.70. The van der Waals surface area contributed by atoms with Gasteiger partial charge in [0.25, 0.3) is 0 Å². The van der Waals surface area contributed by atoms with Gasteiger partial charge in [0.1, 0.15) is 0 Å². The summed E-state index contributed by atoms with van der Waals surface area (Å²) < 4.78 is 0. The fourth-order valence-corrected chi connectivity index (χ4v) is 2.15. The van der Waals surface area contributed by atoms with Crippen LogP contribution in [-0.4, -0.2) is 17.3 Å². The van der Waals surface area contributed by atoms with Crippen molar-refractivity contribution in [3.8, 4) is 0 Å². The van der Waals surface area contributed by atoms with Crippen LogP contribution >= 0.6 is 0 Å². The zero-order valence-electron chi connectivity index (χ0n) is 8.71. The van der Waals surface area contributed by atoms with Gasteiger partial charge in [-0.05, 0) is 44.9 Å². The van der Waals surface area contributed by atoms with Gasteiger partial charge in [-0.25, -0.2) is 0 Å². The summed E-state index contributed by atoms with van der Waals surface area (Å²) in [5.74, 6) is 0.822. The van der Waals surface area contributed by atoms with E-state index in [1.807, 2.05) is 0 Å². The normalized spacial score (nSPS) is 32.5. The molecule has 3 atom stereocenters. The van der Waals surface area contributed by atoms with Crippen LogP contribution in [0.2, 0.25) is 0 Å². The molecule has 78 valence electrons. The highest BCUT2D eigenvalue weighted by Gasteiger charge is 2.16. The van der Waals surface area contributed by atoms with Crippen LogP contribution in [0.25, 0.3) is 0 Å². The van der Waals surface area contributed by atoms with Crippen LogP contribution in [-0.2, 0) is 0 Å². The van der Waals surface area contributed by atoms with Crippen LogP contribution in [0, 0.1) is 5.92 Å². The molecule has 0 aromatic carbocycles. The lowest BCUT2D eigenvalue weighted by molar-refractivity contribution is 0.155. The highest BCUT2D eigenvalue weighted by atomic mass is 16.3. The van der Waals surface area contributed by atoms with Crippen molar-refractivity contribution >= 4 is 0 Å². The van der Waals surface area contributed by atoms with Crippen LogP contribution < -0.4 is 5.73 Å². The van der Waals surface area contributed by atoms with Gasteiger partial charge in [0.15, 0.2) is 0 Å². The Hall–Kier alpha value is -0.0800. The van der Waals surface area contributed by atoms with Gasteiger partial charge in [-0.15, -0.1) is 0 Å². The Morgan fingerprint density at radius 3 is 2.77 bits per heavy atom. The van der Waals surface area contributed by atoms with Crippen molar-refractivity contribution in [2.24, 2.45) is 11.7 Å². The number of hydrogen-bond donors (Lipinski definition) is 2. The van der Waals surface area contributed by atoms with E-state index in [9.17, 15) is 5.11 Å². The minimum absolute atomic E-state index is 0.0275. The third-order valence-electron chi connectivity index (χ3n) is 3.09. The number of hydrogen-bond acceptors (Lipinski definition) is 2. The smallest absolute Gasteiger partial charge is 0.0540 e. The molecular weight excluding hydrogens is 162 g/mol. The summed E-state index contributed by atoms with van der Waals surface area (Å²) in [6.45, 7) is 2.07. The first-order valence-electron chi connectivity index (χ1n) is 5.62. The molecule has 0 radical (unpaired) electrons. The van der Waals surface area contributed by atoms with E-state index in [1.165, 1.54) is 25.7 Å². The maximum atomic E-state index is 9.46. The molecule has 1 aliphatic carbocycles. The van der Waals surface area contributed by atoms with Gasteiger partial charge in [0.2, 0.25) is 0 Å². The van der Waals surface area contributed by atoms with Crippen molar-refractivity contribution in [2.75, 3.05) is 0 Å².